The van der Waals surface area contributed by atoms with E-state index in [1.165, 1.54) is 33.8 Å². The fourth-order valence-corrected chi connectivity index (χ4v) is 5.55. The Morgan fingerprint density at radius 1 is 1.12 bits per heavy atom. The lowest BCUT2D eigenvalue weighted by Gasteiger charge is -2.26. The van der Waals surface area contributed by atoms with Crippen molar-refractivity contribution in [3.05, 3.63) is 64.4 Å². The number of nitrogens with zero attached hydrogens (tertiary/aromatic N) is 1. The normalized spacial score (nSPS) is 12.9. The van der Waals surface area contributed by atoms with Crippen LogP contribution in [0.4, 0.5) is 5.69 Å². The van der Waals surface area contributed by atoms with Crippen molar-refractivity contribution < 1.29 is 32.5 Å². The maximum absolute atomic E-state index is 13.7. The number of aryl methyl sites for hydroxylation is 1. The van der Waals surface area contributed by atoms with E-state index in [1.807, 2.05) is 17.5 Å². The molecule has 1 N–H and O–H groups in total. The van der Waals surface area contributed by atoms with E-state index in [9.17, 15) is 13.2 Å². The highest BCUT2D eigenvalue weighted by Gasteiger charge is 2.28. The zero-order valence-corrected chi connectivity index (χ0v) is 18.8. The van der Waals surface area contributed by atoms with Crippen LogP contribution in [-0.2, 0) is 21.4 Å². The van der Waals surface area contributed by atoms with Crippen molar-refractivity contribution in [1.82, 2.24) is 0 Å². The Balaban J connectivity index is 1.72. The lowest BCUT2D eigenvalue weighted by atomic mass is 10.2. The van der Waals surface area contributed by atoms with E-state index in [0.29, 0.717) is 41.7 Å². The number of benzene rings is 2. The molecule has 4 rings (SSSR count). The highest BCUT2D eigenvalue weighted by molar-refractivity contribution is 7.92. The van der Waals surface area contributed by atoms with Crippen LogP contribution < -0.4 is 18.5 Å². The fraction of sp³-hybridized carbons (Fsp3) is 0.227. The topological polar surface area (TPSA) is 102 Å². The molecule has 0 bridgehead atoms. The van der Waals surface area contributed by atoms with Crippen molar-refractivity contribution in [2.24, 2.45) is 0 Å². The number of anilines is 1. The van der Waals surface area contributed by atoms with Gasteiger partial charge in [0.15, 0.2) is 18.1 Å². The molecule has 1 aliphatic heterocycles. The lowest BCUT2D eigenvalue weighted by Crippen LogP contribution is -2.30. The summed E-state index contributed by atoms with van der Waals surface area (Å²) >= 11 is 1.46. The molecule has 0 amide bonds. The maximum Gasteiger partial charge on any atom is 0.341 e. The number of rotatable bonds is 8. The molecule has 0 aliphatic carbocycles. The minimum atomic E-state index is -3.96. The lowest BCUT2D eigenvalue weighted by molar-refractivity contribution is -0.139. The van der Waals surface area contributed by atoms with E-state index in [1.54, 1.807) is 25.1 Å². The van der Waals surface area contributed by atoms with E-state index < -0.39 is 22.6 Å². The molecule has 0 saturated carbocycles. The number of fused-ring (bicyclic) bond motifs is 1. The summed E-state index contributed by atoms with van der Waals surface area (Å²) in [6, 6.07) is 13.2. The number of carboxylic acid groups (broad SMARTS) is 1. The molecule has 1 aromatic heterocycles. The summed E-state index contributed by atoms with van der Waals surface area (Å²) in [6.07, 6.45) is 0. The first-order valence-corrected chi connectivity index (χ1v) is 12.1. The minimum Gasteiger partial charge on any atom is -0.486 e. The molecule has 3 aromatic rings. The van der Waals surface area contributed by atoms with Crippen LogP contribution in [-0.4, -0.2) is 39.3 Å². The van der Waals surface area contributed by atoms with Gasteiger partial charge in [-0.2, -0.15) is 0 Å². The Morgan fingerprint density at radius 3 is 2.59 bits per heavy atom. The van der Waals surface area contributed by atoms with E-state index in [4.69, 9.17) is 19.3 Å². The van der Waals surface area contributed by atoms with Gasteiger partial charge in [-0.3, -0.25) is 4.31 Å². The molecule has 8 nitrogen and oxygen atoms in total. The number of carboxylic acids is 1. The first kappa shape index (κ1) is 22.0. The molecule has 1 aliphatic rings. The van der Waals surface area contributed by atoms with Gasteiger partial charge in [-0.1, -0.05) is 6.07 Å². The largest absolute Gasteiger partial charge is 0.486 e. The van der Waals surface area contributed by atoms with E-state index >= 15 is 0 Å². The fourth-order valence-electron chi connectivity index (χ4n) is 3.26. The zero-order valence-electron chi connectivity index (χ0n) is 17.2. The quantitative estimate of drug-likeness (QED) is 0.530. The van der Waals surface area contributed by atoms with Crippen molar-refractivity contribution in [3.63, 3.8) is 0 Å². The SMILES string of the molecule is Cc1cc(S(=O)(=O)N(Cc2cccs2)c2ccc3c(c2)OCCO3)ccc1OCC(=O)O. The molecule has 2 heterocycles. The summed E-state index contributed by atoms with van der Waals surface area (Å²) in [7, 11) is -3.96. The van der Waals surface area contributed by atoms with Gasteiger partial charge in [0.05, 0.1) is 17.1 Å². The van der Waals surface area contributed by atoms with Gasteiger partial charge in [0.2, 0.25) is 0 Å². The van der Waals surface area contributed by atoms with Crippen molar-refractivity contribution >= 4 is 33.0 Å². The summed E-state index contributed by atoms with van der Waals surface area (Å²) in [6.45, 7) is 2.15. The second kappa shape index (κ2) is 9.09. The molecule has 168 valence electrons. The number of hydrogen-bond donors (Lipinski definition) is 1. The Kier molecular flexibility index (Phi) is 6.24. The number of thiophene rings is 1. The van der Waals surface area contributed by atoms with Crippen LogP contribution in [0.5, 0.6) is 17.2 Å². The Labute approximate surface area is 189 Å². The molecule has 0 unspecified atom stereocenters. The highest BCUT2D eigenvalue weighted by Crippen LogP contribution is 2.37. The van der Waals surface area contributed by atoms with Crippen LogP contribution in [0, 0.1) is 6.92 Å². The monoisotopic (exact) mass is 475 g/mol. The van der Waals surface area contributed by atoms with Crippen molar-refractivity contribution in [3.8, 4) is 17.2 Å². The summed E-state index contributed by atoms with van der Waals surface area (Å²) in [4.78, 5) is 11.7. The van der Waals surface area contributed by atoms with Gasteiger partial charge in [-0.15, -0.1) is 11.3 Å². The summed E-state index contributed by atoms with van der Waals surface area (Å²) in [5.41, 5.74) is 0.970. The Hall–Kier alpha value is -3.24. The van der Waals surface area contributed by atoms with Crippen LogP contribution in [0.15, 0.2) is 58.8 Å². The average molecular weight is 476 g/mol. The van der Waals surface area contributed by atoms with E-state index in [2.05, 4.69) is 0 Å². The molecule has 2 aromatic carbocycles. The molecule has 32 heavy (non-hydrogen) atoms. The average Bonchev–Trinajstić information content (AvgIpc) is 3.29. The van der Waals surface area contributed by atoms with Gasteiger partial charge >= 0.3 is 5.97 Å². The first-order chi connectivity index (χ1) is 15.3. The smallest absolute Gasteiger partial charge is 0.341 e. The maximum atomic E-state index is 13.7. The van der Waals surface area contributed by atoms with Gasteiger partial charge in [-0.05, 0) is 54.3 Å². The van der Waals surface area contributed by atoms with Crippen LogP contribution in [0.25, 0.3) is 0 Å². The van der Waals surface area contributed by atoms with Gasteiger partial charge in [0.1, 0.15) is 19.0 Å². The Bertz CT molecular complexity index is 1220. The van der Waals surface area contributed by atoms with Crippen molar-refractivity contribution in [2.45, 2.75) is 18.4 Å². The molecule has 0 spiro atoms. The Morgan fingerprint density at radius 2 is 1.91 bits per heavy atom. The van der Waals surface area contributed by atoms with Crippen molar-refractivity contribution in [2.75, 3.05) is 24.1 Å². The molecule has 0 saturated heterocycles. The van der Waals surface area contributed by atoms with Crippen LogP contribution >= 0.6 is 11.3 Å². The van der Waals surface area contributed by atoms with Gasteiger partial charge < -0.3 is 19.3 Å². The number of ether oxygens (including phenoxy) is 3. The summed E-state index contributed by atoms with van der Waals surface area (Å²) < 4.78 is 45.1. The van der Waals surface area contributed by atoms with Gasteiger partial charge in [0.25, 0.3) is 10.0 Å². The third kappa shape index (κ3) is 4.66. The van der Waals surface area contributed by atoms with E-state index in [-0.39, 0.29) is 11.4 Å². The number of sulfonamides is 1. The van der Waals surface area contributed by atoms with Crippen LogP contribution in [0.3, 0.4) is 0 Å². The molecular formula is C22H21NO7S2. The third-order valence-electron chi connectivity index (χ3n) is 4.78. The molecule has 0 atom stereocenters. The van der Waals surface area contributed by atoms with Crippen LogP contribution in [0.1, 0.15) is 10.4 Å². The predicted molar refractivity (Wildman–Crippen MR) is 119 cm³/mol. The molecule has 10 heteroatoms. The summed E-state index contributed by atoms with van der Waals surface area (Å²) in [5, 5.41) is 10.7. The second-order valence-corrected chi connectivity index (χ2v) is 9.92. The standard InChI is InChI=1S/C22H21NO7S2/c1-15-11-18(5-7-19(15)30-14-22(24)25)32(26,27)23(13-17-3-2-10-31-17)16-4-6-20-21(12-16)29-9-8-28-20/h2-7,10-12H,8-9,13-14H2,1H3,(H,24,25). The molecule has 0 radical (unpaired) electrons. The van der Waals surface area contributed by atoms with Gasteiger partial charge in [-0.25, -0.2) is 13.2 Å². The highest BCUT2D eigenvalue weighted by atomic mass is 32.2. The second-order valence-electron chi connectivity index (χ2n) is 7.03. The summed E-state index contributed by atoms with van der Waals surface area (Å²) in [5.74, 6) is 0.273. The molecule has 0 fully saturated rings. The number of hydrogen-bond acceptors (Lipinski definition) is 7. The molecular weight excluding hydrogens is 454 g/mol. The minimum absolute atomic E-state index is 0.0733. The third-order valence-corrected chi connectivity index (χ3v) is 7.41. The van der Waals surface area contributed by atoms with Crippen molar-refractivity contribution in [1.29, 1.82) is 0 Å². The first-order valence-electron chi connectivity index (χ1n) is 9.74. The number of carbonyl (C=O) groups is 1. The zero-order chi connectivity index (χ0) is 22.7. The van der Waals surface area contributed by atoms with Crippen LogP contribution in [0.2, 0.25) is 0 Å². The number of aliphatic carboxylic acids is 1. The van der Waals surface area contributed by atoms with E-state index in [0.717, 1.165) is 4.88 Å². The predicted octanol–water partition coefficient (Wildman–Crippen LogP) is 3.69. The van der Waals surface area contributed by atoms with Gasteiger partial charge in [0, 0.05) is 10.9 Å².